The molecule has 0 aromatic carbocycles. The largest absolute Gasteiger partial charge is 0.477 e. The first-order valence-electron chi connectivity index (χ1n) is 6.46. The molecule has 0 rings (SSSR count). The van der Waals surface area contributed by atoms with E-state index in [1.54, 1.807) is 6.92 Å². The number of halogens is 1. The number of carboxylic acid groups (broad SMARTS) is 1. The molecule has 0 aliphatic carbocycles. The minimum atomic E-state index is -1.80. The fourth-order valence-corrected chi connectivity index (χ4v) is 2.60. The Morgan fingerprint density at radius 3 is 2.25 bits per heavy atom. The van der Waals surface area contributed by atoms with Crippen molar-refractivity contribution >= 4 is 42.6 Å². The van der Waals surface area contributed by atoms with Crippen LogP contribution in [0.2, 0.25) is 18.1 Å². The van der Waals surface area contributed by atoms with Crippen LogP contribution in [0.1, 0.15) is 27.7 Å². The van der Waals surface area contributed by atoms with Gasteiger partial charge >= 0.3 is 5.97 Å². The number of nitrogens with one attached hydrogen (secondary N) is 2. The van der Waals surface area contributed by atoms with Crippen LogP contribution in [0.4, 0.5) is 0 Å². The Morgan fingerprint density at radius 1 is 1.40 bits per heavy atom. The molecule has 0 aromatic heterocycles. The summed E-state index contributed by atoms with van der Waals surface area (Å²) < 4.78 is 6.39. The highest BCUT2D eigenvalue weighted by Crippen LogP contribution is 2.36. The minimum Gasteiger partial charge on any atom is -0.477 e. The molecule has 0 atom stereocenters. The van der Waals surface area contributed by atoms with Gasteiger partial charge < -0.3 is 20.3 Å². The predicted octanol–water partition coefficient (Wildman–Crippen LogP) is 3.37. The van der Waals surface area contributed by atoms with Crippen molar-refractivity contribution in [2.45, 2.75) is 45.8 Å². The molecular weight excluding hydrogens is 387 g/mol. The Hall–Kier alpha value is -0.413. The fraction of sp³-hybridized carbons (Fsp3) is 0.692. The van der Waals surface area contributed by atoms with Gasteiger partial charge in [-0.2, -0.15) is 0 Å². The van der Waals surface area contributed by atoms with E-state index in [0.717, 1.165) is 0 Å². The number of aliphatic carboxylic acids is 1. The molecule has 0 fully saturated rings. The molecule has 20 heavy (non-hydrogen) atoms. The van der Waals surface area contributed by atoms with E-state index in [0.29, 0.717) is 16.7 Å². The van der Waals surface area contributed by atoms with Crippen LogP contribution in [0.5, 0.6) is 0 Å². The monoisotopic (exact) mass is 412 g/mol. The van der Waals surface area contributed by atoms with Crippen molar-refractivity contribution in [1.82, 2.24) is 5.32 Å². The predicted molar refractivity (Wildman–Crippen MR) is 93.2 cm³/mol. The van der Waals surface area contributed by atoms with Crippen molar-refractivity contribution < 1.29 is 14.3 Å². The van der Waals surface area contributed by atoms with Gasteiger partial charge in [0, 0.05) is 12.3 Å². The Morgan fingerprint density at radius 2 is 1.90 bits per heavy atom. The molecule has 0 aliphatic heterocycles. The number of rotatable bonds is 7. The normalized spacial score (nSPS) is 13.8. The summed E-state index contributed by atoms with van der Waals surface area (Å²) in [7, 11) is -1.80. The molecule has 0 spiro atoms. The molecule has 116 valence electrons. The SMILES string of the molecule is CC(=N)/C(I)=C(\NCCO[Si](C)(C)C(C)(C)C)C(=O)O. The zero-order valence-electron chi connectivity index (χ0n) is 13.1. The van der Waals surface area contributed by atoms with Gasteiger partial charge in [-0.15, -0.1) is 0 Å². The molecule has 3 N–H and O–H groups in total. The van der Waals surface area contributed by atoms with Crippen molar-refractivity contribution in [1.29, 1.82) is 5.41 Å². The van der Waals surface area contributed by atoms with Gasteiger partial charge in [0.2, 0.25) is 0 Å². The van der Waals surface area contributed by atoms with Gasteiger partial charge in [0.1, 0.15) is 5.70 Å². The van der Waals surface area contributed by atoms with Crippen LogP contribution >= 0.6 is 22.6 Å². The third-order valence-electron chi connectivity index (χ3n) is 3.44. The molecule has 0 amide bonds. The van der Waals surface area contributed by atoms with Crippen molar-refractivity contribution in [3.63, 3.8) is 0 Å². The first-order chi connectivity index (χ1) is 8.90. The Labute approximate surface area is 135 Å². The molecule has 0 aliphatic rings. The van der Waals surface area contributed by atoms with Gasteiger partial charge in [0.05, 0.1) is 10.2 Å². The molecule has 0 unspecified atom stereocenters. The number of carboxylic acids is 1. The smallest absolute Gasteiger partial charge is 0.353 e. The minimum absolute atomic E-state index is 0.0666. The van der Waals surface area contributed by atoms with E-state index in [9.17, 15) is 4.79 Å². The topological polar surface area (TPSA) is 82.4 Å². The average Bonchev–Trinajstić information content (AvgIpc) is 2.25. The van der Waals surface area contributed by atoms with Gasteiger partial charge in [-0.25, -0.2) is 4.79 Å². The Kier molecular flexibility index (Phi) is 7.40. The highest BCUT2D eigenvalue weighted by atomic mass is 127. The summed E-state index contributed by atoms with van der Waals surface area (Å²) in [6.07, 6.45) is 0. The van der Waals surface area contributed by atoms with Crippen LogP contribution in [-0.2, 0) is 9.22 Å². The lowest BCUT2D eigenvalue weighted by Gasteiger charge is -2.36. The van der Waals surface area contributed by atoms with Gasteiger partial charge in [-0.3, -0.25) is 0 Å². The van der Waals surface area contributed by atoms with Crippen LogP contribution in [-0.4, -0.2) is 38.3 Å². The highest BCUT2D eigenvalue weighted by molar-refractivity contribution is 14.1. The van der Waals surface area contributed by atoms with E-state index in [2.05, 4.69) is 39.2 Å². The lowest BCUT2D eigenvalue weighted by Crippen LogP contribution is -2.42. The van der Waals surface area contributed by atoms with Gasteiger partial charge in [-0.05, 0) is 47.6 Å². The fourth-order valence-electron chi connectivity index (χ4n) is 1.13. The highest BCUT2D eigenvalue weighted by Gasteiger charge is 2.36. The van der Waals surface area contributed by atoms with Crippen LogP contribution in [0, 0.1) is 5.41 Å². The lowest BCUT2D eigenvalue weighted by atomic mass is 10.2. The molecule has 0 bridgehead atoms. The summed E-state index contributed by atoms with van der Waals surface area (Å²) >= 11 is 1.87. The standard InChI is InChI=1S/C13H25IN2O3Si/c1-9(15)10(14)11(12(17)18)16-7-8-19-20(5,6)13(2,3)4/h15-16H,7-8H2,1-6H3,(H,17,18)/b11-10+,15-9?. The van der Waals surface area contributed by atoms with Crippen LogP contribution in [0.3, 0.4) is 0 Å². The van der Waals surface area contributed by atoms with Crippen LogP contribution < -0.4 is 5.32 Å². The summed E-state index contributed by atoms with van der Waals surface area (Å²) in [5.74, 6) is -1.05. The summed E-state index contributed by atoms with van der Waals surface area (Å²) in [6, 6.07) is 0. The molecule has 0 saturated heterocycles. The first kappa shape index (κ1) is 19.6. The molecule has 0 radical (unpaired) electrons. The van der Waals surface area contributed by atoms with E-state index in [4.69, 9.17) is 14.9 Å². The van der Waals surface area contributed by atoms with Crippen molar-refractivity contribution in [2.24, 2.45) is 0 Å². The van der Waals surface area contributed by atoms with E-state index < -0.39 is 14.3 Å². The number of hydrogen-bond donors (Lipinski definition) is 3. The van der Waals surface area contributed by atoms with Crippen molar-refractivity contribution in [3.8, 4) is 0 Å². The first-order valence-corrected chi connectivity index (χ1v) is 10.5. The van der Waals surface area contributed by atoms with Gasteiger partial charge in [0.25, 0.3) is 0 Å². The number of hydrogen-bond acceptors (Lipinski definition) is 4. The van der Waals surface area contributed by atoms with Crippen LogP contribution in [0.15, 0.2) is 9.28 Å². The lowest BCUT2D eigenvalue weighted by molar-refractivity contribution is -0.133. The molecule has 0 aromatic rings. The third-order valence-corrected chi connectivity index (χ3v) is 9.32. The summed E-state index contributed by atoms with van der Waals surface area (Å²) in [5, 5.41) is 19.6. The maximum Gasteiger partial charge on any atom is 0.353 e. The number of allylic oxidation sites excluding steroid dienone is 1. The molecule has 5 nitrogen and oxygen atoms in total. The second-order valence-electron chi connectivity index (χ2n) is 6.15. The van der Waals surface area contributed by atoms with Crippen molar-refractivity contribution in [2.75, 3.05) is 13.2 Å². The Balaban J connectivity index is 4.54. The van der Waals surface area contributed by atoms with Gasteiger partial charge in [-0.1, -0.05) is 20.8 Å². The average molecular weight is 412 g/mol. The second kappa shape index (κ2) is 7.55. The zero-order chi connectivity index (χ0) is 16.1. The van der Waals surface area contributed by atoms with E-state index in [1.165, 1.54) is 0 Å². The van der Waals surface area contributed by atoms with Crippen LogP contribution in [0.25, 0.3) is 0 Å². The molecule has 7 heteroatoms. The maximum absolute atomic E-state index is 11.1. The quantitative estimate of drug-likeness (QED) is 0.197. The summed E-state index contributed by atoms with van der Waals surface area (Å²) in [6.45, 7) is 13.3. The van der Waals surface area contributed by atoms with E-state index >= 15 is 0 Å². The maximum atomic E-state index is 11.1. The molecular formula is C13H25IN2O3Si. The summed E-state index contributed by atoms with van der Waals surface area (Å²) in [4.78, 5) is 11.1. The second-order valence-corrected chi connectivity index (χ2v) is 12.0. The molecule has 0 heterocycles. The van der Waals surface area contributed by atoms with E-state index in [-0.39, 0.29) is 16.4 Å². The summed E-state index contributed by atoms with van der Waals surface area (Å²) in [5.41, 5.74) is 0.303. The zero-order valence-corrected chi connectivity index (χ0v) is 16.2. The Bertz CT molecular complexity index is 414. The molecule has 0 saturated carbocycles. The van der Waals surface area contributed by atoms with Gasteiger partial charge in [0.15, 0.2) is 8.32 Å². The van der Waals surface area contributed by atoms with Crippen molar-refractivity contribution in [3.05, 3.63) is 9.28 Å². The third kappa shape index (κ3) is 5.92. The number of carbonyl (C=O) groups is 1. The van der Waals surface area contributed by atoms with E-state index in [1.807, 2.05) is 22.6 Å².